The standard InChI is InChI=1S/C19H20N2O4/c1-23-16-11-14(12-17-18(16)25-10-9-24-17)19(22)21-8-2-3-15(21)13-4-6-20-7-5-13/h4-7,11-12,15H,2-3,8-10H2,1H3/t15-/m0/s1. The zero-order chi connectivity index (χ0) is 17.2. The molecule has 0 aliphatic carbocycles. The number of fused-ring (bicyclic) bond motifs is 1. The van der Waals surface area contributed by atoms with Crippen LogP contribution in [0.25, 0.3) is 0 Å². The van der Waals surface area contributed by atoms with E-state index >= 15 is 0 Å². The average Bonchev–Trinajstić information content (AvgIpc) is 3.17. The number of ether oxygens (including phenoxy) is 3. The van der Waals surface area contributed by atoms with Crippen LogP contribution in [-0.2, 0) is 0 Å². The molecule has 0 radical (unpaired) electrons. The summed E-state index contributed by atoms with van der Waals surface area (Å²) in [6, 6.07) is 7.51. The first-order chi connectivity index (χ1) is 12.3. The van der Waals surface area contributed by atoms with Gasteiger partial charge in [-0.25, -0.2) is 0 Å². The van der Waals surface area contributed by atoms with Crippen molar-refractivity contribution in [2.24, 2.45) is 0 Å². The first-order valence-corrected chi connectivity index (χ1v) is 8.46. The summed E-state index contributed by atoms with van der Waals surface area (Å²) in [6.07, 6.45) is 5.48. The van der Waals surface area contributed by atoms with Gasteiger partial charge in [-0.15, -0.1) is 0 Å². The molecule has 1 fully saturated rings. The molecule has 2 aromatic rings. The van der Waals surface area contributed by atoms with Crippen LogP contribution < -0.4 is 14.2 Å². The van der Waals surface area contributed by atoms with Crippen LogP contribution in [0.4, 0.5) is 0 Å². The highest BCUT2D eigenvalue weighted by Crippen LogP contribution is 2.41. The lowest BCUT2D eigenvalue weighted by Crippen LogP contribution is -2.30. The summed E-state index contributed by atoms with van der Waals surface area (Å²) in [5, 5.41) is 0. The average molecular weight is 340 g/mol. The van der Waals surface area contributed by atoms with Crippen molar-refractivity contribution in [3.63, 3.8) is 0 Å². The molecule has 25 heavy (non-hydrogen) atoms. The number of carbonyl (C=O) groups excluding carboxylic acids is 1. The number of pyridine rings is 1. The lowest BCUT2D eigenvalue weighted by atomic mass is 10.1. The predicted octanol–water partition coefficient (Wildman–Crippen LogP) is 2.84. The number of carbonyl (C=O) groups is 1. The number of benzene rings is 1. The van der Waals surface area contributed by atoms with Crippen molar-refractivity contribution in [2.45, 2.75) is 18.9 Å². The van der Waals surface area contributed by atoms with Gasteiger partial charge in [-0.2, -0.15) is 0 Å². The van der Waals surface area contributed by atoms with E-state index in [2.05, 4.69) is 4.98 Å². The fraction of sp³-hybridized carbons (Fsp3) is 0.368. The van der Waals surface area contributed by atoms with Crippen molar-refractivity contribution in [3.05, 3.63) is 47.8 Å². The Bertz CT molecular complexity index is 761. The lowest BCUT2D eigenvalue weighted by Gasteiger charge is -2.26. The van der Waals surface area contributed by atoms with E-state index in [0.717, 1.165) is 24.9 Å². The Hall–Kier alpha value is -2.76. The second-order valence-electron chi connectivity index (χ2n) is 6.14. The molecule has 1 aromatic heterocycles. The molecule has 6 nitrogen and oxygen atoms in total. The number of aromatic nitrogens is 1. The molecule has 1 saturated heterocycles. The Labute approximate surface area is 146 Å². The summed E-state index contributed by atoms with van der Waals surface area (Å²) in [6.45, 7) is 1.69. The number of rotatable bonds is 3. The first-order valence-electron chi connectivity index (χ1n) is 8.46. The van der Waals surface area contributed by atoms with Gasteiger partial charge in [0.1, 0.15) is 13.2 Å². The van der Waals surface area contributed by atoms with Gasteiger partial charge < -0.3 is 19.1 Å². The summed E-state index contributed by atoms with van der Waals surface area (Å²) in [5.41, 5.74) is 1.67. The Balaban J connectivity index is 1.66. The van der Waals surface area contributed by atoms with Gasteiger partial charge in [-0.3, -0.25) is 9.78 Å². The molecule has 0 saturated carbocycles. The van der Waals surface area contributed by atoms with Crippen molar-refractivity contribution in [2.75, 3.05) is 26.9 Å². The molecular formula is C19H20N2O4. The van der Waals surface area contributed by atoms with Crippen LogP contribution in [0.5, 0.6) is 17.2 Å². The summed E-state index contributed by atoms with van der Waals surface area (Å²) < 4.78 is 16.7. The molecule has 2 aliphatic heterocycles. The lowest BCUT2D eigenvalue weighted by molar-refractivity contribution is 0.0733. The molecule has 6 heteroatoms. The largest absolute Gasteiger partial charge is 0.493 e. The molecular weight excluding hydrogens is 320 g/mol. The second-order valence-corrected chi connectivity index (χ2v) is 6.14. The van der Waals surface area contributed by atoms with E-state index in [1.165, 1.54) is 0 Å². The molecule has 0 spiro atoms. The summed E-state index contributed by atoms with van der Waals surface area (Å²) >= 11 is 0. The number of likely N-dealkylation sites (tertiary alicyclic amines) is 1. The molecule has 0 unspecified atom stereocenters. The van der Waals surface area contributed by atoms with Crippen LogP contribution in [0.15, 0.2) is 36.7 Å². The molecule has 130 valence electrons. The minimum absolute atomic E-state index is 0.0189. The van der Waals surface area contributed by atoms with Crippen molar-refractivity contribution in [3.8, 4) is 17.2 Å². The second kappa shape index (κ2) is 6.63. The number of hydrogen-bond donors (Lipinski definition) is 0. The van der Waals surface area contributed by atoms with E-state index in [-0.39, 0.29) is 11.9 Å². The zero-order valence-electron chi connectivity index (χ0n) is 14.1. The van der Waals surface area contributed by atoms with Crippen LogP contribution >= 0.6 is 0 Å². The number of hydrogen-bond acceptors (Lipinski definition) is 5. The third kappa shape index (κ3) is 2.88. The highest BCUT2D eigenvalue weighted by atomic mass is 16.6. The van der Waals surface area contributed by atoms with E-state index in [9.17, 15) is 4.79 Å². The fourth-order valence-electron chi connectivity index (χ4n) is 3.50. The van der Waals surface area contributed by atoms with Gasteiger partial charge in [0.05, 0.1) is 13.2 Å². The maximum atomic E-state index is 13.1. The normalized spacial score (nSPS) is 18.9. The Morgan fingerprint density at radius 1 is 1.24 bits per heavy atom. The molecule has 4 rings (SSSR count). The summed E-state index contributed by atoms with van der Waals surface area (Å²) in [7, 11) is 1.57. The van der Waals surface area contributed by atoms with Crippen LogP contribution in [-0.4, -0.2) is 42.7 Å². The van der Waals surface area contributed by atoms with E-state index in [1.54, 1.807) is 31.6 Å². The predicted molar refractivity (Wildman–Crippen MR) is 91.2 cm³/mol. The topological polar surface area (TPSA) is 60.9 Å². The van der Waals surface area contributed by atoms with Gasteiger partial charge in [0.15, 0.2) is 11.5 Å². The molecule has 1 aromatic carbocycles. The van der Waals surface area contributed by atoms with Gasteiger partial charge in [0.25, 0.3) is 5.91 Å². The van der Waals surface area contributed by atoms with E-state index in [1.807, 2.05) is 17.0 Å². The summed E-state index contributed by atoms with van der Waals surface area (Å²) in [5.74, 6) is 1.64. The number of methoxy groups -OCH3 is 1. The summed E-state index contributed by atoms with van der Waals surface area (Å²) in [4.78, 5) is 19.1. The van der Waals surface area contributed by atoms with Crippen molar-refractivity contribution >= 4 is 5.91 Å². The van der Waals surface area contributed by atoms with E-state index < -0.39 is 0 Å². The van der Waals surface area contributed by atoms with Gasteiger partial charge in [0, 0.05) is 24.5 Å². The van der Waals surface area contributed by atoms with Crippen LogP contribution in [0.3, 0.4) is 0 Å². The van der Waals surface area contributed by atoms with Gasteiger partial charge in [-0.1, -0.05) is 0 Å². The molecule has 1 atom stereocenters. The molecule has 0 N–H and O–H groups in total. The van der Waals surface area contributed by atoms with E-state index in [0.29, 0.717) is 36.0 Å². The Kier molecular flexibility index (Phi) is 4.17. The molecule has 1 amide bonds. The van der Waals surface area contributed by atoms with E-state index in [4.69, 9.17) is 14.2 Å². The monoisotopic (exact) mass is 340 g/mol. The first kappa shape index (κ1) is 15.7. The Morgan fingerprint density at radius 3 is 2.84 bits per heavy atom. The number of nitrogens with zero attached hydrogens (tertiary/aromatic N) is 2. The van der Waals surface area contributed by atoms with Crippen molar-refractivity contribution in [1.29, 1.82) is 0 Å². The SMILES string of the molecule is COc1cc(C(=O)N2CCC[C@H]2c2ccncc2)cc2c1OCCO2. The highest BCUT2D eigenvalue weighted by Gasteiger charge is 2.32. The third-order valence-electron chi connectivity index (χ3n) is 4.68. The maximum absolute atomic E-state index is 13.1. The minimum Gasteiger partial charge on any atom is -0.493 e. The zero-order valence-corrected chi connectivity index (χ0v) is 14.1. The quantitative estimate of drug-likeness (QED) is 0.860. The minimum atomic E-state index is -0.0189. The number of amides is 1. The molecule has 2 aliphatic rings. The van der Waals surface area contributed by atoms with Crippen LogP contribution in [0.2, 0.25) is 0 Å². The van der Waals surface area contributed by atoms with Gasteiger partial charge in [0.2, 0.25) is 5.75 Å². The van der Waals surface area contributed by atoms with Gasteiger partial charge in [-0.05, 0) is 42.7 Å². The maximum Gasteiger partial charge on any atom is 0.254 e. The van der Waals surface area contributed by atoms with Crippen LogP contribution in [0, 0.1) is 0 Å². The van der Waals surface area contributed by atoms with Crippen LogP contribution in [0.1, 0.15) is 34.8 Å². The van der Waals surface area contributed by atoms with Gasteiger partial charge >= 0.3 is 0 Å². The molecule has 0 bridgehead atoms. The fourth-order valence-corrected chi connectivity index (χ4v) is 3.50. The third-order valence-corrected chi connectivity index (χ3v) is 4.68. The van der Waals surface area contributed by atoms with Crippen molar-refractivity contribution < 1.29 is 19.0 Å². The highest BCUT2D eigenvalue weighted by molar-refractivity contribution is 5.96. The van der Waals surface area contributed by atoms with Crippen molar-refractivity contribution in [1.82, 2.24) is 9.88 Å². The molecule has 3 heterocycles. The Morgan fingerprint density at radius 2 is 2.04 bits per heavy atom. The smallest absolute Gasteiger partial charge is 0.254 e.